The molecule has 0 amide bonds. The van der Waals surface area contributed by atoms with Gasteiger partial charge in [-0.25, -0.2) is 9.67 Å². The Labute approximate surface area is 167 Å². The summed E-state index contributed by atoms with van der Waals surface area (Å²) in [6.07, 6.45) is 8.03. The third-order valence-electron chi connectivity index (χ3n) is 5.45. The molecule has 2 fully saturated rings. The molecule has 2 aliphatic heterocycles. The van der Waals surface area contributed by atoms with Gasteiger partial charge in [0.15, 0.2) is 5.82 Å². The highest BCUT2D eigenvalue weighted by atomic mass is 35.5. The van der Waals surface area contributed by atoms with E-state index in [9.17, 15) is 0 Å². The molecule has 2 aliphatic rings. The van der Waals surface area contributed by atoms with Gasteiger partial charge in [0.25, 0.3) is 0 Å². The molecule has 8 heteroatoms. The minimum atomic E-state index is 0.228. The minimum absolute atomic E-state index is 0.228. The number of aromatic nitrogens is 5. The second-order valence-corrected chi connectivity index (χ2v) is 8.08. The van der Waals surface area contributed by atoms with Crippen LogP contribution in [0.1, 0.15) is 42.4 Å². The summed E-state index contributed by atoms with van der Waals surface area (Å²) >= 11 is 12.7. The van der Waals surface area contributed by atoms with Crippen LogP contribution in [0.25, 0.3) is 5.69 Å². The van der Waals surface area contributed by atoms with Crippen LogP contribution in [0.3, 0.4) is 0 Å². The fourth-order valence-corrected chi connectivity index (χ4v) is 4.69. The second-order valence-electron chi connectivity index (χ2n) is 7.26. The van der Waals surface area contributed by atoms with Gasteiger partial charge in [-0.3, -0.25) is 4.68 Å². The van der Waals surface area contributed by atoms with Crippen LogP contribution < -0.4 is 0 Å². The third kappa shape index (κ3) is 3.06. The van der Waals surface area contributed by atoms with Gasteiger partial charge < -0.3 is 4.74 Å². The maximum absolute atomic E-state index is 6.34. The first kappa shape index (κ1) is 17.2. The van der Waals surface area contributed by atoms with Gasteiger partial charge in [-0.1, -0.05) is 29.3 Å². The number of halogens is 2. The Morgan fingerprint density at radius 2 is 2.04 bits per heavy atom. The summed E-state index contributed by atoms with van der Waals surface area (Å²) in [5.41, 5.74) is 1.75. The van der Waals surface area contributed by atoms with E-state index in [1.54, 1.807) is 10.9 Å². The number of nitrogens with zero attached hydrogens (tertiary/aromatic N) is 5. The lowest BCUT2D eigenvalue weighted by Crippen LogP contribution is -2.18. The highest BCUT2D eigenvalue weighted by molar-refractivity contribution is 6.36. The summed E-state index contributed by atoms with van der Waals surface area (Å²) in [6.45, 7) is 0. The number of rotatable bonds is 4. The van der Waals surface area contributed by atoms with Crippen LogP contribution >= 0.6 is 23.2 Å². The molecule has 5 rings (SSSR count). The van der Waals surface area contributed by atoms with Crippen molar-refractivity contribution in [1.29, 1.82) is 0 Å². The second kappa shape index (κ2) is 6.62. The molecule has 0 spiro atoms. The standard InChI is InChI=1S/C19H19Cl2N5O/c1-25-10-11(9-22-25)26-19(14-7-12-5-6-17(14)27-12)23-18(24-26)8-13-15(20)3-2-4-16(13)21/h2-4,9-10,12,14,17H,5-8H2,1H3/t12-,14+,17+/m0/s1. The highest BCUT2D eigenvalue weighted by Gasteiger charge is 2.44. The molecular formula is C19H19Cl2N5O. The molecule has 6 nitrogen and oxygen atoms in total. The number of aryl methyl sites for hydroxylation is 1. The Balaban J connectivity index is 1.55. The molecule has 0 radical (unpaired) electrons. The predicted molar refractivity (Wildman–Crippen MR) is 103 cm³/mol. The van der Waals surface area contributed by atoms with E-state index in [2.05, 4.69) is 5.10 Å². The molecule has 0 aliphatic carbocycles. The zero-order chi connectivity index (χ0) is 18.5. The van der Waals surface area contributed by atoms with Crippen molar-refractivity contribution >= 4 is 23.2 Å². The van der Waals surface area contributed by atoms with Gasteiger partial charge in [0, 0.05) is 29.4 Å². The fraction of sp³-hybridized carbons (Fsp3) is 0.421. The lowest BCUT2D eigenvalue weighted by molar-refractivity contribution is 0.0997. The monoisotopic (exact) mass is 403 g/mol. The number of benzene rings is 1. The molecule has 27 heavy (non-hydrogen) atoms. The van der Waals surface area contributed by atoms with E-state index in [0.717, 1.165) is 36.3 Å². The fourth-order valence-electron chi connectivity index (χ4n) is 4.16. The Morgan fingerprint density at radius 3 is 2.67 bits per heavy atom. The lowest BCUT2D eigenvalue weighted by atomic mass is 9.88. The third-order valence-corrected chi connectivity index (χ3v) is 6.15. The van der Waals surface area contributed by atoms with E-state index >= 15 is 0 Å². The minimum Gasteiger partial charge on any atom is -0.374 e. The Morgan fingerprint density at radius 1 is 1.22 bits per heavy atom. The molecule has 3 aromatic rings. The topological polar surface area (TPSA) is 57.8 Å². The highest BCUT2D eigenvalue weighted by Crippen LogP contribution is 2.44. The summed E-state index contributed by atoms with van der Waals surface area (Å²) in [5, 5.41) is 10.3. The van der Waals surface area contributed by atoms with Gasteiger partial charge >= 0.3 is 0 Å². The lowest BCUT2D eigenvalue weighted by Gasteiger charge is -2.17. The number of hydrogen-bond acceptors (Lipinski definition) is 4. The van der Waals surface area contributed by atoms with Crippen molar-refractivity contribution in [2.45, 2.75) is 43.8 Å². The van der Waals surface area contributed by atoms with Crippen molar-refractivity contribution < 1.29 is 4.74 Å². The molecule has 3 atom stereocenters. The van der Waals surface area contributed by atoms with Crippen molar-refractivity contribution in [2.75, 3.05) is 0 Å². The number of hydrogen-bond donors (Lipinski definition) is 0. The molecule has 2 aromatic heterocycles. The molecule has 140 valence electrons. The van der Waals surface area contributed by atoms with Crippen LogP contribution in [0.5, 0.6) is 0 Å². The van der Waals surface area contributed by atoms with Gasteiger partial charge in [-0.15, -0.1) is 0 Å². The summed E-state index contributed by atoms with van der Waals surface area (Å²) < 4.78 is 9.73. The maximum atomic E-state index is 6.34. The largest absolute Gasteiger partial charge is 0.374 e. The molecule has 2 saturated heterocycles. The average Bonchev–Trinajstić information content (AvgIpc) is 3.41. The van der Waals surface area contributed by atoms with Crippen LogP contribution in [0.4, 0.5) is 0 Å². The molecule has 1 aromatic carbocycles. The van der Waals surface area contributed by atoms with E-state index in [4.69, 9.17) is 38.0 Å². The summed E-state index contributed by atoms with van der Waals surface area (Å²) in [7, 11) is 1.89. The Bertz CT molecular complexity index is 978. The van der Waals surface area contributed by atoms with E-state index in [1.165, 1.54) is 0 Å². The van der Waals surface area contributed by atoms with E-state index in [0.29, 0.717) is 28.4 Å². The van der Waals surface area contributed by atoms with Gasteiger partial charge in [0.2, 0.25) is 0 Å². The quantitative estimate of drug-likeness (QED) is 0.661. The summed E-state index contributed by atoms with van der Waals surface area (Å²) in [5.74, 6) is 1.90. The summed E-state index contributed by atoms with van der Waals surface area (Å²) in [4.78, 5) is 4.89. The van der Waals surface area contributed by atoms with Gasteiger partial charge in [0.05, 0.1) is 24.6 Å². The van der Waals surface area contributed by atoms with Gasteiger partial charge in [0.1, 0.15) is 11.5 Å². The molecule has 2 bridgehead atoms. The van der Waals surface area contributed by atoms with Crippen molar-refractivity contribution in [3.63, 3.8) is 0 Å². The first-order valence-electron chi connectivity index (χ1n) is 9.11. The molecule has 0 saturated carbocycles. The zero-order valence-corrected chi connectivity index (χ0v) is 16.4. The normalized spacial score (nSPS) is 24.0. The van der Waals surface area contributed by atoms with Crippen LogP contribution in [0, 0.1) is 0 Å². The van der Waals surface area contributed by atoms with Crippen molar-refractivity contribution in [3.05, 3.63) is 57.9 Å². The van der Waals surface area contributed by atoms with Gasteiger partial charge in [-0.05, 0) is 37.0 Å². The van der Waals surface area contributed by atoms with Crippen LogP contribution in [0.2, 0.25) is 10.0 Å². The Hall–Kier alpha value is -1.89. The Kier molecular flexibility index (Phi) is 4.22. The molecule has 0 unspecified atom stereocenters. The number of ether oxygens (including phenoxy) is 1. The van der Waals surface area contributed by atoms with Crippen molar-refractivity contribution in [2.24, 2.45) is 7.05 Å². The molecule has 0 N–H and O–H groups in total. The molecular weight excluding hydrogens is 385 g/mol. The smallest absolute Gasteiger partial charge is 0.155 e. The van der Waals surface area contributed by atoms with E-state index in [-0.39, 0.29) is 12.0 Å². The van der Waals surface area contributed by atoms with E-state index in [1.807, 2.05) is 36.1 Å². The SMILES string of the molecule is Cn1cc(-n2nc(Cc3c(Cl)cccc3Cl)nc2[C@@H]2C[C@@H]3CC[C@H]2O3)cn1. The van der Waals surface area contributed by atoms with Crippen LogP contribution in [-0.4, -0.2) is 36.8 Å². The van der Waals surface area contributed by atoms with Gasteiger partial charge in [-0.2, -0.15) is 10.2 Å². The van der Waals surface area contributed by atoms with Crippen LogP contribution in [0.15, 0.2) is 30.6 Å². The zero-order valence-electron chi connectivity index (χ0n) is 14.8. The van der Waals surface area contributed by atoms with Crippen molar-refractivity contribution in [1.82, 2.24) is 24.5 Å². The number of fused-ring (bicyclic) bond motifs is 2. The average molecular weight is 404 g/mol. The predicted octanol–water partition coefficient (Wildman–Crippen LogP) is 3.93. The maximum Gasteiger partial charge on any atom is 0.155 e. The van der Waals surface area contributed by atoms with Crippen LogP contribution in [-0.2, 0) is 18.2 Å². The first-order chi connectivity index (χ1) is 13.1. The first-order valence-corrected chi connectivity index (χ1v) is 9.87. The van der Waals surface area contributed by atoms with Crippen molar-refractivity contribution in [3.8, 4) is 5.69 Å². The molecule has 4 heterocycles. The summed E-state index contributed by atoms with van der Waals surface area (Å²) in [6, 6.07) is 5.52. The van der Waals surface area contributed by atoms with E-state index < -0.39 is 0 Å².